The summed E-state index contributed by atoms with van der Waals surface area (Å²) in [6.07, 6.45) is -5.86. The number of hydrogen-bond acceptors (Lipinski definition) is 4. The predicted octanol–water partition coefficient (Wildman–Crippen LogP) is 6.43. The lowest BCUT2D eigenvalue weighted by molar-refractivity contribution is -0.189. The summed E-state index contributed by atoms with van der Waals surface area (Å²) in [7, 11) is -2.90. The maximum Gasteiger partial charge on any atom is 0.425 e. The van der Waals surface area contributed by atoms with Gasteiger partial charge in [-0.1, -0.05) is 81.4 Å². The van der Waals surface area contributed by atoms with Crippen LogP contribution in [0.25, 0.3) is 0 Å². The van der Waals surface area contributed by atoms with Crippen molar-refractivity contribution in [3.63, 3.8) is 0 Å². The number of hydrogen-bond donors (Lipinski definition) is 2. The molecular formula is C32H36F4N2O5Si. The first-order valence-electron chi connectivity index (χ1n) is 14.3. The van der Waals surface area contributed by atoms with Crippen molar-refractivity contribution in [2.24, 2.45) is 0 Å². The van der Waals surface area contributed by atoms with Gasteiger partial charge >= 0.3 is 18.2 Å². The van der Waals surface area contributed by atoms with Crippen LogP contribution in [0.1, 0.15) is 50.9 Å². The number of aromatic carboxylic acids is 1. The summed E-state index contributed by atoms with van der Waals surface area (Å²) in [5.41, 5.74) is -1.29. The SMILES string of the molecule is CC(Oc1cc(NC(=O)N2CCCC2CO[Si](c2ccccc2)(c2ccccc2)C(C)(C)C)c(F)cc1C(=O)O)C(F)(F)F. The Kier molecular flexibility index (Phi) is 9.74. The van der Waals surface area contributed by atoms with Crippen LogP contribution in [0.5, 0.6) is 5.75 Å². The minimum atomic E-state index is -4.79. The van der Waals surface area contributed by atoms with E-state index in [2.05, 4.69) is 50.4 Å². The highest BCUT2D eigenvalue weighted by Crippen LogP contribution is 2.38. The van der Waals surface area contributed by atoms with Crippen molar-refractivity contribution in [2.45, 2.75) is 63.9 Å². The van der Waals surface area contributed by atoms with E-state index in [1.807, 2.05) is 36.4 Å². The van der Waals surface area contributed by atoms with E-state index in [0.717, 1.165) is 16.4 Å². The number of ether oxygens (including phenoxy) is 1. The van der Waals surface area contributed by atoms with Crippen LogP contribution in [-0.2, 0) is 4.43 Å². The molecule has 1 heterocycles. The van der Waals surface area contributed by atoms with Crippen LogP contribution >= 0.6 is 0 Å². The van der Waals surface area contributed by atoms with Gasteiger partial charge in [-0.3, -0.25) is 0 Å². The Hall–Kier alpha value is -3.90. The lowest BCUT2D eigenvalue weighted by atomic mass is 10.1. The molecule has 0 aliphatic carbocycles. The van der Waals surface area contributed by atoms with Gasteiger partial charge in [0.25, 0.3) is 8.32 Å². The molecule has 44 heavy (non-hydrogen) atoms. The number of alkyl halides is 3. The van der Waals surface area contributed by atoms with Crippen LogP contribution in [0.4, 0.5) is 28.0 Å². The molecule has 2 N–H and O–H groups in total. The molecule has 1 aliphatic heterocycles. The first kappa shape index (κ1) is 33.0. The molecule has 3 aromatic rings. The van der Waals surface area contributed by atoms with Gasteiger partial charge in [-0.05, 0) is 41.2 Å². The number of carbonyl (C=O) groups excluding carboxylic acids is 1. The fourth-order valence-electron chi connectivity index (χ4n) is 5.62. The number of carboxylic acids is 1. The van der Waals surface area contributed by atoms with Gasteiger partial charge in [-0.15, -0.1) is 0 Å². The molecule has 2 atom stereocenters. The van der Waals surface area contributed by atoms with E-state index < -0.39 is 55.4 Å². The molecule has 0 radical (unpaired) electrons. The average Bonchev–Trinajstić information content (AvgIpc) is 3.43. The van der Waals surface area contributed by atoms with Gasteiger partial charge in [-0.25, -0.2) is 14.0 Å². The lowest BCUT2D eigenvalue weighted by Gasteiger charge is -2.44. The fraction of sp³-hybridized carbons (Fsp3) is 0.375. The molecule has 1 aliphatic rings. The monoisotopic (exact) mass is 632 g/mol. The Morgan fingerprint density at radius 1 is 1.02 bits per heavy atom. The number of urea groups is 1. The summed E-state index contributed by atoms with van der Waals surface area (Å²) in [5, 5.41) is 13.7. The van der Waals surface area contributed by atoms with Gasteiger partial charge < -0.3 is 24.5 Å². The number of anilines is 1. The van der Waals surface area contributed by atoms with Crippen LogP contribution in [-0.4, -0.2) is 61.8 Å². The Morgan fingerprint density at radius 3 is 2.09 bits per heavy atom. The van der Waals surface area contributed by atoms with Crippen molar-refractivity contribution in [3.05, 3.63) is 84.2 Å². The zero-order valence-electron chi connectivity index (χ0n) is 25.0. The van der Waals surface area contributed by atoms with Gasteiger partial charge in [0.15, 0.2) is 6.10 Å². The van der Waals surface area contributed by atoms with Crippen LogP contribution < -0.4 is 20.4 Å². The van der Waals surface area contributed by atoms with E-state index in [-0.39, 0.29) is 17.7 Å². The Bertz CT molecular complexity index is 1430. The van der Waals surface area contributed by atoms with Crippen molar-refractivity contribution in [2.75, 3.05) is 18.5 Å². The number of carboxylic acid groups (broad SMARTS) is 1. The standard InChI is InChI=1S/C32H36F4N2O5Si/c1-21(32(34,35)36)43-28-19-27(26(33)18-25(28)29(39)40)37-30(41)38-17-11-12-22(38)20-42-44(31(2,3)4,23-13-7-5-8-14-23)24-15-9-6-10-16-24/h5-10,13-16,18-19,21-22H,11-12,17,20H2,1-4H3,(H,37,41)(H,39,40). The van der Waals surface area contributed by atoms with E-state index in [1.54, 1.807) is 0 Å². The third-order valence-corrected chi connectivity index (χ3v) is 12.9. The van der Waals surface area contributed by atoms with Gasteiger partial charge in [0.1, 0.15) is 17.1 Å². The highest BCUT2D eigenvalue weighted by atomic mass is 28.4. The van der Waals surface area contributed by atoms with E-state index in [0.29, 0.717) is 32.4 Å². The molecule has 0 aromatic heterocycles. The third kappa shape index (κ3) is 6.91. The van der Waals surface area contributed by atoms with Crippen LogP contribution in [0.15, 0.2) is 72.8 Å². The first-order chi connectivity index (χ1) is 20.6. The normalized spacial score (nSPS) is 16.5. The maximum atomic E-state index is 14.9. The number of nitrogens with one attached hydrogen (secondary N) is 1. The minimum absolute atomic E-state index is 0.207. The molecule has 3 aromatic carbocycles. The van der Waals surface area contributed by atoms with E-state index in [1.165, 1.54) is 4.90 Å². The van der Waals surface area contributed by atoms with Crippen molar-refractivity contribution >= 4 is 36.4 Å². The highest BCUT2D eigenvalue weighted by Gasteiger charge is 2.51. The number of rotatable bonds is 9. The van der Waals surface area contributed by atoms with E-state index >= 15 is 0 Å². The molecule has 236 valence electrons. The third-order valence-electron chi connectivity index (χ3n) is 7.85. The first-order valence-corrected chi connectivity index (χ1v) is 16.2. The minimum Gasteiger partial charge on any atom is -0.480 e. The summed E-state index contributed by atoms with van der Waals surface area (Å²) in [5.74, 6) is -3.51. The van der Waals surface area contributed by atoms with Crippen LogP contribution in [0.2, 0.25) is 5.04 Å². The number of amides is 2. The second-order valence-electron chi connectivity index (χ2n) is 11.8. The van der Waals surface area contributed by atoms with Crippen molar-refractivity contribution < 1.29 is 41.4 Å². The van der Waals surface area contributed by atoms with Gasteiger partial charge in [0.2, 0.25) is 0 Å². The largest absolute Gasteiger partial charge is 0.480 e. The number of carbonyl (C=O) groups is 2. The quantitative estimate of drug-likeness (QED) is 0.210. The van der Waals surface area contributed by atoms with E-state index in [4.69, 9.17) is 9.16 Å². The summed E-state index contributed by atoms with van der Waals surface area (Å²) < 4.78 is 66.1. The Labute approximate surface area is 254 Å². The molecule has 0 bridgehead atoms. The van der Waals surface area contributed by atoms with Crippen molar-refractivity contribution in [1.82, 2.24) is 4.90 Å². The zero-order chi connectivity index (χ0) is 32.3. The maximum absolute atomic E-state index is 14.9. The van der Waals surface area contributed by atoms with Crippen LogP contribution in [0.3, 0.4) is 0 Å². The average molecular weight is 633 g/mol. The number of nitrogens with zero attached hydrogens (tertiary/aromatic N) is 1. The number of halogens is 4. The molecule has 2 unspecified atom stereocenters. The lowest BCUT2D eigenvalue weighted by Crippen LogP contribution is -2.67. The molecule has 0 spiro atoms. The Balaban J connectivity index is 1.60. The van der Waals surface area contributed by atoms with Gasteiger partial charge in [-0.2, -0.15) is 13.2 Å². The van der Waals surface area contributed by atoms with E-state index in [9.17, 15) is 32.3 Å². The molecule has 1 saturated heterocycles. The van der Waals surface area contributed by atoms with Crippen molar-refractivity contribution in [3.8, 4) is 5.75 Å². The molecule has 0 saturated carbocycles. The fourth-order valence-corrected chi connectivity index (χ4v) is 10.2. The van der Waals surface area contributed by atoms with Crippen molar-refractivity contribution in [1.29, 1.82) is 0 Å². The topological polar surface area (TPSA) is 88.1 Å². The smallest absolute Gasteiger partial charge is 0.425 e. The predicted molar refractivity (Wildman–Crippen MR) is 162 cm³/mol. The zero-order valence-corrected chi connectivity index (χ0v) is 26.0. The Morgan fingerprint density at radius 2 is 1.59 bits per heavy atom. The molecule has 2 amide bonds. The molecule has 7 nitrogen and oxygen atoms in total. The van der Waals surface area contributed by atoms with Gasteiger partial charge in [0, 0.05) is 12.6 Å². The highest BCUT2D eigenvalue weighted by molar-refractivity contribution is 6.99. The second-order valence-corrected chi connectivity index (χ2v) is 16.1. The number of likely N-dealkylation sites (tertiary alicyclic amines) is 1. The molecule has 4 rings (SSSR count). The summed E-state index contributed by atoms with van der Waals surface area (Å²) >= 11 is 0. The number of benzene rings is 3. The van der Waals surface area contributed by atoms with Crippen LogP contribution in [0, 0.1) is 5.82 Å². The van der Waals surface area contributed by atoms with Gasteiger partial charge in [0.05, 0.1) is 18.3 Å². The summed E-state index contributed by atoms with van der Waals surface area (Å²) in [4.78, 5) is 26.5. The summed E-state index contributed by atoms with van der Waals surface area (Å²) in [6.45, 7) is 7.68. The second kappa shape index (κ2) is 13.0. The molecular weight excluding hydrogens is 596 g/mol. The molecule has 1 fully saturated rings. The summed E-state index contributed by atoms with van der Waals surface area (Å²) in [6, 6.07) is 20.3. The molecule has 12 heteroatoms.